The second-order valence-corrected chi connectivity index (χ2v) is 8.79. The number of nitrogens with two attached hydrogens (primary N) is 1. The fraction of sp³-hybridized carbons (Fsp3) is 0.529. The van der Waals surface area contributed by atoms with E-state index in [0.717, 1.165) is 0 Å². The summed E-state index contributed by atoms with van der Waals surface area (Å²) in [7, 11) is -4.14. The van der Waals surface area contributed by atoms with Crippen LogP contribution in [0.25, 0.3) is 11.2 Å². The molecule has 32 heavy (non-hydrogen) atoms. The number of hydrogen-bond donors (Lipinski definition) is 1. The van der Waals surface area contributed by atoms with Crippen molar-refractivity contribution in [2.24, 2.45) is 0 Å². The molecule has 0 saturated carbocycles. The molecule has 15 heteroatoms. The zero-order chi connectivity index (χ0) is 23.1. The van der Waals surface area contributed by atoms with Crippen molar-refractivity contribution >= 4 is 31.0 Å². The highest BCUT2D eigenvalue weighted by molar-refractivity contribution is 7.48. The van der Waals surface area contributed by atoms with Gasteiger partial charge in [0, 0.05) is 6.42 Å². The van der Waals surface area contributed by atoms with Crippen LogP contribution in [0.3, 0.4) is 0 Å². The molecule has 2 saturated heterocycles. The number of aromatic nitrogens is 4. The van der Waals surface area contributed by atoms with Crippen molar-refractivity contribution in [2.75, 3.05) is 19.1 Å². The van der Waals surface area contributed by atoms with Gasteiger partial charge in [0.2, 0.25) is 6.79 Å². The molecule has 13 nitrogen and oxygen atoms in total. The standard InChI is InChI=1S/C17H19FN5O8P/c1-4-17-6-27-32(25,28-8-26-16(24)29-9(2)3)31-10(17)5-11(30-17)23-7-20-12-13(19)21-15(18)22-14(12)23/h1,7,9-11H,5-6,8H2,2-3H3,(H2,19,21,22)/t10-,11-,17-,32?/m1/s1. The van der Waals surface area contributed by atoms with Gasteiger partial charge in [-0.1, -0.05) is 5.92 Å². The summed E-state index contributed by atoms with van der Waals surface area (Å²) in [4.78, 5) is 22.6. The molecule has 2 aromatic rings. The summed E-state index contributed by atoms with van der Waals surface area (Å²) in [6, 6.07) is 0. The van der Waals surface area contributed by atoms with E-state index in [0.29, 0.717) is 0 Å². The first-order valence-electron chi connectivity index (χ1n) is 9.37. The Morgan fingerprint density at radius 1 is 1.53 bits per heavy atom. The van der Waals surface area contributed by atoms with Crippen LogP contribution < -0.4 is 5.73 Å². The van der Waals surface area contributed by atoms with Gasteiger partial charge in [0.1, 0.15) is 18.9 Å². The Morgan fingerprint density at radius 3 is 3.03 bits per heavy atom. The minimum atomic E-state index is -4.14. The lowest BCUT2D eigenvalue weighted by Crippen LogP contribution is -2.46. The summed E-state index contributed by atoms with van der Waals surface area (Å²) in [5, 5.41) is 0. The van der Waals surface area contributed by atoms with Gasteiger partial charge >= 0.3 is 20.1 Å². The number of nitrogen functional groups attached to an aromatic ring is 1. The summed E-state index contributed by atoms with van der Waals surface area (Å²) in [6.45, 7) is 2.19. The van der Waals surface area contributed by atoms with Crippen LogP contribution in [0.4, 0.5) is 15.0 Å². The molecule has 2 aliphatic heterocycles. The van der Waals surface area contributed by atoms with E-state index in [1.165, 1.54) is 10.9 Å². The first-order valence-corrected chi connectivity index (χ1v) is 10.8. The van der Waals surface area contributed by atoms with E-state index >= 15 is 0 Å². The molecule has 4 rings (SSSR count). The van der Waals surface area contributed by atoms with E-state index in [1.54, 1.807) is 13.8 Å². The molecule has 2 N–H and O–H groups in total. The van der Waals surface area contributed by atoms with Crippen LogP contribution >= 0.6 is 7.82 Å². The predicted molar refractivity (Wildman–Crippen MR) is 103 cm³/mol. The lowest BCUT2D eigenvalue weighted by atomic mass is 9.99. The van der Waals surface area contributed by atoms with E-state index in [1.807, 2.05) is 0 Å². The lowest BCUT2D eigenvalue weighted by molar-refractivity contribution is -0.118. The number of carbonyl (C=O) groups excluding carboxylic acids is 1. The summed E-state index contributed by atoms with van der Waals surface area (Å²) in [5.41, 5.74) is 4.54. The van der Waals surface area contributed by atoms with E-state index in [-0.39, 0.29) is 30.0 Å². The molecule has 0 amide bonds. The van der Waals surface area contributed by atoms with Gasteiger partial charge in [0.15, 0.2) is 22.6 Å². The number of phosphoric ester groups is 1. The fourth-order valence-electron chi connectivity index (χ4n) is 3.25. The average Bonchev–Trinajstić information content (AvgIpc) is 3.28. The molecule has 4 atom stereocenters. The van der Waals surface area contributed by atoms with Crippen molar-refractivity contribution in [1.29, 1.82) is 0 Å². The molecule has 1 unspecified atom stereocenters. The van der Waals surface area contributed by atoms with Gasteiger partial charge in [-0.05, 0) is 13.8 Å². The number of rotatable bonds is 5. The monoisotopic (exact) mass is 471 g/mol. The molecule has 2 aromatic heterocycles. The minimum absolute atomic E-state index is 0.0775. The van der Waals surface area contributed by atoms with Gasteiger partial charge in [-0.2, -0.15) is 14.4 Å². The van der Waals surface area contributed by atoms with E-state index in [2.05, 4.69) is 25.6 Å². The van der Waals surface area contributed by atoms with Crippen molar-refractivity contribution in [3.05, 3.63) is 12.4 Å². The van der Waals surface area contributed by atoms with Gasteiger partial charge in [-0.25, -0.2) is 18.9 Å². The Bertz CT molecular complexity index is 1140. The highest BCUT2D eigenvalue weighted by atomic mass is 31.2. The summed E-state index contributed by atoms with van der Waals surface area (Å²) in [6.07, 6.45) is 2.87. The summed E-state index contributed by atoms with van der Waals surface area (Å²) >= 11 is 0. The zero-order valence-electron chi connectivity index (χ0n) is 17.0. The Balaban J connectivity index is 1.48. The van der Waals surface area contributed by atoms with Gasteiger partial charge < -0.3 is 19.9 Å². The smallest absolute Gasteiger partial charge is 0.432 e. The highest BCUT2D eigenvalue weighted by Gasteiger charge is 2.57. The third kappa shape index (κ3) is 4.13. The van der Waals surface area contributed by atoms with Crippen molar-refractivity contribution in [3.8, 4) is 12.3 Å². The number of ether oxygens (including phenoxy) is 3. The number of halogens is 1. The Kier molecular flexibility index (Phi) is 5.78. The van der Waals surface area contributed by atoms with Gasteiger partial charge in [-0.15, -0.1) is 6.42 Å². The first-order chi connectivity index (χ1) is 15.1. The van der Waals surface area contributed by atoms with Crippen molar-refractivity contribution in [2.45, 2.75) is 44.3 Å². The topological polar surface area (TPSA) is 159 Å². The molecule has 0 aliphatic carbocycles. The van der Waals surface area contributed by atoms with Gasteiger partial charge in [0.05, 0.1) is 12.4 Å². The maximum Gasteiger partial charge on any atom is 0.510 e. The Hall–Kier alpha value is -2.82. The maximum absolute atomic E-state index is 13.7. The van der Waals surface area contributed by atoms with Crippen molar-refractivity contribution < 1.29 is 41.5 Å². The zero-order valence-corrected chi connectivity index (χ0v) is 17.9. The molecule has 4 heterocycles. The molecule has 172 valence electrons. The first kappa shape index (κ1) is 22.4. The fourth-order valence-corrected chi connectivity index (χ4v) is 4.55. The van der Waals surface area contributed by atoms with Crippen LogP contribution in [-0.4, -0.2) is 56.9 Å². The second kappa shape index (κ2) is 8.27. The number of terminal acetylenes is 1. The predicted octanol–water partition coefficient (Wildman–Crippen LogP) is 1.90. The normalized spacial score (nSPS) is 29.6. The Labute approximate surface area is 180 Å². The molecular formula is C17H19FN5O8P. The maximum atomic E-state index is 13.7. The van der Waals surface area contributed by atoms with Crippen molar-refractivity contribution in [1.82, 2.24) is 19.5 Å². The van der Waals surface area contributed by atoms with E-state index in [4.69, 9.17) is 35.2 Å². The number of carbonyl (C=O) groups is 1. The van der Waals surface area contributed by atoms with Crippen LogP contribution in [-0.2, 0) is 32.3 Å². The van der Waals surface area contributed by atoms with Gasteiger partial charge in [-0.3, -0.25) is 13.6 Å². The third-order valence-electron chi connectivity index (χ3n) is 4.67. The van der Waals surface area contributed by atoms with Gasteiger partial charge in [0.25, 0.3) is 0 Å². The number of nitrogens with zero attached hydrogens (tertiary/aromatic N) is 4. The number of hydrogen-bond acceptors (Lipinski definition) is 12. The number of imidazole rings is 1. The summed E-state index contributed by atoms with van der Waals surface area (Å²) in [5.74, 6) is 2.32. The Morgan fingerprint density at radius 2 is 2.31 bits per heavy atom. The largest absolute Gasteiger partial charge is 0.510 e. The molecular weight excluding hydrogens is 452 g/mol. The second-order valence-electron chi connectivity index (χ2n) is 7.17. The van der Waals surface area contributed by atoms with Crippen LogP contribution in [0, 0.1) is 18.4 Å². The minimum Gasteiger partial charge on any atom is -0.432 e. The highest BCUT2D eigenvalue weighted by Crippen LogP contribution is 2.59. The lowest BCUT2D eigenvalue weighted by Gasteiger charge is -2.36. The third-order valence-corrected chi connectivity index (χ3v) is 6.05. The van der Waals surface area contributed by atoms with Crippen molar-refractivity contribution in [3.63, 3.8) is 0 Å². The molecule has 0 aromatic carbocycles. The average molecular weight is 471 g/mol. The molecule has 2 aliphatic rings. The van der Waals surface area contributed by atoms with Crippen LogP contribution in [0.1, 0.15) is 26.5 Å². The molecule has 0 radical (unpaired) electrons. The molecule has 2 fully saturated rings. The van der Waals surface area contributed by atoms with Crippen LogP contribution in [0.15, 0.2) is 6.33 Å². The van der Waals surface area contributed by atoms with Crippen LogP contribution in [0.5, 0.6) is 0 Å². The quantitative estimate of drug-likeness (QED) is 0.222. The SMILES string of the molecule is C#C[C@@]12COP(=O)(OCOC(=O)OC(C)C)O[C@@H]1C[C@H](n1cnc3c(N)nc(F)nc31)O2. The molecule has 0 bridgehead atoms. The van der Waals surface area contributed by atoms with Crippen LogP contribution in [0.2, 0.25) is 0 Å². The summed E-state index contributed by atoms with van der Waals surface area (Å²) < 4.78 is 59.0. The van der Waals surface area contributed by atoms with E-state index < -0.39 is 50.9 Å². The number of anilines is 1. The molecule has 0 spiro atoms. The number of fused-ring (bicyclic) bond motifs is 2. The number of phosphoric acid groups is 1. The van der Waals surface area contributed by atoms with E-state index in [9.17, 15) is 13.8 Å².